The van der Waals surface area contributed by atoms with Gasteiger partial charge in [0, 0.05) is 30.7 Å². The van der Waals surface area contributed by atoms with Crippen molar-refractivity contribution < 1.29 is 19.5 Å². The molecule has 2 aliphatic rings. The number of carboxylic acids is 1. The minimum atomic E-state index is -1.15. The van der Waals surface area contributed by atoms with E-state index >= 15 is 0 Å². The molecule has 0 spiro atoms. The molecule has 0 unspecified atom stereocenters. The van der Waals surface area contributed by atoms with Gasteiger partial charge in [0.05, 0.1) is 10.7 Å². The molecule has 0 aliphatic carbocycles. The second-order valence-electron chi connectivity index (χ2n) is 7.16. The summed E-state index contributed by atoms with van der Waals surface area (Å²) in [5.41, 5.74) is 1.33. The van der Waals surface area contributed by atoms with Crippen LogP contribution in [0.15, 0.2) is 21.8 Å². The fourth-order valence-electron chi connectivity index (χ4n) is 3.35. The van der Waals surface area contributed by atoms with Crippen LogP contribution in [0.2, 0.25) is 5.02 Å². The number of thioether (sulfide) groups is 2. The van der Waals surface area contributed by atoms with Gasteiger partial charge in [0.1, 0.15) is 22.1 Å². The van der Waals surface area contributed by atoms with E-state index in [1.54, 1.807) is 17.8 Å². The summed E-state index contributed by atoms with van der Waals surface area (Å²) in [4.78, 5) is 38.3. The van der Waals surface area contributed by atoms with Gasteiger partial charge in [0.25, 0.3) is 5.91 Å². The fraction of sp³-hybridized carbons (Fsp3) is 0.444. The van der Waals surface area contributed by atoms with Crippen LogP contribution >= 0.6 is 46.5 Å². The molecular formula is C18H19ClN6O4S3. The number of carbonyl (C=O) groups is 3. The van der Waals surface area contributed by atoms with Crippen molar-refractivity contribution in [1.82, 2.24) is 30.2 Å². The largest absolute Gasteiger partial charge is 0.477 e. The van der Waals surface area contributed by atoms with Crippen molar-refractivity contribution in [1.29, 1.82) is 0 Å². The van der Waals surface area contributed by atoms with Crippen LogP contribution in [-0.2, 0) is 20.9 Å². The molecule has 4 rings (SSSR count). The average Bonchev–Trinajstić information content (AvgIpc) is 3.32. The summed E-state index contributed by atoms with van der Waals surface area (Å²) >= 11 is 10.3. The highest BCUT2D eigenvalue weighted by Crippen LogP contribution is 2.41. The van der Waals surface area contributed by atoms with Crippen molar-refractivity contribution in [3.63, 3.8) is 0 Å². The molecule has 32 heavy (non-hydrogen) atoms. The standard InChI is InChI=1S/C18H19ClN6O4S3/c1-8-11(19)5-24(23-8)4-3-12(26)20-13-15(27)25-14(17(28)29)10(6-30-16(13)25)7-31-18-22-21-9(2)32-18/h5,13,16H,3-4,6-7H2,1-2H3,(H,20,26)(H,28,29)/t13-,16-/m0/s1. The minimum Gasteiger partial charge on any atom is -0.477 e. The Morgan fingerprint density at radius 2 is 2.16 bits per heavy atom. The number of fused-ring (bicyclic) bond motifs is 1. The van der Waals surface area contributed by atoms with Crippen molar-refractivity contribution in [2.45, 2.75) is 42.6 Å². The molecule has 0 bridgehead atoms. The predicted octanol–water partition coefficient (Wildman–Crippen LogP) is 1.93. The van der Waals surface area contributed by atoms with Gasteiger partial charge >= 0.3 is 5.97 Å². The van der Waals surface area contributed by atoms with Gasteiger partial charge in [-0.1, -0.05) is 34.7 Å². The SMILES string of the molecule is Cc1nnc(SCC2=C(C(=O)O)N3C(=O)[C@H](NC(=O)CCn4cc(Cl)c(C)n4)[C@@H]3SC2)s1. The highest BCUT2D eigenvalue weighted by atomic mass is 35.5. The zero-order valence-electron chi connectivity index (χ0n) is 17.1. The van der Waals surface area contributed by atoms with Gasteiger partial charge in [-0.25, -0.2) is 4.79 Å². The van der Waals surface area contributed by atoms with Crippen LogP contribution in [0.5, 0.6) is 0 Å². The Labute approximate surface area is 200 Å². The Morgan fingerprint density at radius 3 is 2.78 bits per heavy atom. The molecule has 0 radical (unpaired) electrons. The fourth-order valence-corrected chi connectivity index (χ4v) is 6.80. The molecule has 1 fully saturated rings. The number of hydrogen-bond acceptors (Lipinski definition) is 9. The predicted molar refractivity (Wildman–Crippen MR) is 122 cm³/mol. The van der Waals surface area contributed by atoms with Gasteiger partial charge in [0.15, 0.2) is 4.34 Å². The van der Waals surface area contributed by atoms with Crippen molar-refractivity contribution in [3.05, 3.63) is 33.2 Å². The quantitative estimate of drug-likeness (QED) is 0.400. The third-order valence-electron chi connectivity index (χ3n) is 4.90. The molecule has 2 aliphatic heterocycles. The monoisotopic (exact) mass is 514 g/mol. The number of hydrogen-bond donors (Lipinski definition) is 2. The molecule has 1 saturated heterocycles. The first-order valence-electron chi connectivity index (χ1n) is 9.56. The zero-order chi connectivity index (χ0) is 23.0. The molecule has 0 saturated carbocycles. The number of carbonyl (C=O) groups excluding carboxylic acids is 2. The smallest absolute Gasteiger partial charge is 0.352 e. The first-order chi connectivity index (χ1) is 15.2. The lowest BCUT2D eigenvalue weighted by atomic mass is 10.0. The number of aromatic nitrogens is 4. The highest BCUT2D eigenvalue weighted by Gasteiger charge is 2.54. The van der Waals surface area contributed by atoms with Crippen molar-refractivity contribution in [2.75, 3.05) is 11.5 Å². The van der Waals surface area contributed by atoms with E-state index in [1.807, 2.05) is 6.92 Å². The van der Waals surface area contributed by atoms with Gasteiger partial charge in [-0.3, -0.25) is 19.2 Å². The first kappa shape index (κ1) is 23.1. The van der Waals surface area contributed by atoms with E-state index in [4.69, 9.17) is 11.6 Å². The van der Waals surface area contributed by atoms with Crippen LogP contribution in [-0.4, -0.2) is 70.7 Å². The normalized spacial score (nSPS) is 20.2. The van der Waals surface area contributed by atoms with E-state index in [1.165, 1.54) is 39.8 Å². The van der Waals surface area contributed by atoms with Crippen molar-refractivity contribution in [3.8, 4) is 0 Å². The topological polar surface area (TPSA) is 130 Å². The number of aliphatic carboxylic acids is 1. The van der Waals surface area contributed by atoms with Crippen LogP contribution in [0.25, 0.3) is 0 Å². The van der Waals surface area contributed by atoms with E-state index in [0.717, 1.165) is 9.35 Å². The molecular weight excluding hydrogens is 496 g/mol. The molecule has 2 atom stereocenters. The Kier molecular flexibility index (Phi) is 6.79. The van der Waals surface area contributed by atoms with Gasteiger partial charge in [0.2, 0.25) is 5.91 Å². The number of carboxylic acid groups (broad SMARTS) is 1. The third kappa shape index (κ3) is 4.65. The number of rotatable bonds is 8. The van der Waals surface area contributed by atoms with E-state index in [9.17, 15) is 19.5 Å². The summed E-state index contributed by atoms with van der Waals surface area (Å²) in [6, 6.07) is -0.746. The molecule has 2 aromatic rings. The van der Waals surface area contributed by atoms with Gasteiger partial charge < -0.3 is 10.4 Å². The summed E-state index contributed by atoms with van der Waals surface area (Å²) in [6.07, 6.45) is 1.77. The molecule has 0 aromatic carbocycles. The maximum Gasteiger partial charge on any atom is 0.352 e. The number of nitrogens with zero attached hydrogens (tertiary/aromatic N) is 5. The van der Waals surface area contributed by atoms with Crippen LogP contribution in [0.4, 0.5) is 0 Å². The number of nitrogens with one attached hydrogen (secondary N) is 1. The molecule has 2 amide bonds. The van der Waals surface area contributed by atoms with Crippen molar-refractivity contribution >= 4 is 64.2 Å². The molecule has 170 valence electrons. The van der Waals surface area contributed by atoms with Crippen LogP contribution < -0.4 is 5.32 Å². The summed E-state index contributed by atoms with van der Waals surface area (Å²) in [6.45, 7) is 3.95. The van der Waals surface area contributed by atoms with Gasteiger partial charge in [-0.05, 0) is 19.4 Å². The zero-order valence-corrected chi connectivity index (χ0v) is 20.3. The summed E-state index contributed by atoms with van der Waals surface area (Å²) in [5.74, 6) is -1.01. The molecule has 2 aromatic heterocycles. The Morgan fingerprint density at radius 1 is 1.38 bits per heavy atom. The molecule has 14 heteroatoms. The number of aryl methyl sites for hydroxylation is 3. The van der Waals surface area contributed by atoms with Gasteiger partial charge in [-0.15, -0.1) is 22.0 Å². The maximum atomic E-state index is 12.7. The maximum absolute atomic E-state index is 12.7. The second-order valence-corrected chi connectivity index (χ2v) is 11.1. The Hall–Kier alpha value is -2.09. The lowest BCUT2D eigenvalue weighted by Crippen LogP contribution is -2.70. The highest BCUT2D eigenvalue weighted by molar-refractivity contribution is 8.01. The van der Waals surface area contributed by atoms with Crippen LogP contribution in [0, 0.1) is 13.8 Å². The molecule has 2 N–H and O–H groups in total. The molecule has 10 nitrogen and oxygen atoms in total. The summed E-state index contributed by atoms with van der Waals surface area (Å²) in [7, 11) is 0. The average molecular weight is 515 g/mol. The van der Waals surface area contributed by atoms with E-state index < -0.39 is 23.3 Å². The van der Waals surface area contributed by atoms with Crippen LogP contribution in [0.1, 0.15) is 17.1 Å². The first-order valence-corrected chi connectivity index (χ1v) is 12.8. The Balaban J connectivity index is 1.37. The van der Waals surface area contributed by atoms with Crippen LogP contribution in [0.3, 0.4) is 0 Å². The molecule has 4 heterocycles. The van der Waals surface area contributed by atoms with E-state index in [-0.39, 0.29) is 18.0 Å². The lowest BCUT2D eigenvalue weighted by Gasteiger charge is -2.49. The van der Waals surface area contributed by atoms with Gasteiger partial charge in [-0.2, -0.15) is 5.10 Å². The summed E-state index contributed by atoms with van der Waals surface area (Å²) in [5, 5.41) is 25.6. The van der Waals surface area contributed by atoms with E-state index in [2.05, 4.69) is 20.6 Å². The Bertz CT molecular complexity index is 1100. The number of halogens is 1. The second kappa shape index (κ2) is 9.41. The minimum absolute atomic E-state index is 0.000329. The number of β-lactam (4-membered cyclic amide) rings is 1. The van der Waals surface area contributed by atoms with E-state index in [0.29, 0.717) is 34.3 Å². The summed E-state index contributed by atoms with van der Waals surface area (Å²) < 4.78 is 2.33. The lowest BCUT2D eigenvalue weighted by molar-refractivity contribution is -0.150. The van der Waals surface area contributed by atoms with Crippen molar-refractivity contribution in [2.24, 2.45) is 0 Å². The number of amides is 2. The third-order valence-corrected chi connectivity index (χ3v) is 8.67.